The Kier molecular flexibility index (Phi) is 9.35. The average molecular weight is 633 g/mol. The van der Waals surface area contributed by atoms with E-state index in [0.29, 0.717) is 49.3 Å². The Labute approximate surface area is 264 Å². The van der Waals surface area contributed by atoms with E-state index in [0.717, 1.165) is 47.3 Å². The molecule has 11 N–H and O–H groups in total. The SMILES string of the molecule is C1CCC2C3NC(NC4NC(NC5NC(NC6NC(N3)C3CCCCC63)C3CCCCC53)C3CCCCC43)C2C1.N.[Cu]. The van der Waals surface area contributed by atoms with Crippen molar-refractivity contribution in [2.45, 2.75) is 152 Å². The van der Waals surface area contributed by atoms with Crippen molar-refractivity contribution in [3.8, 4) is 0 Å². The van der Waals surface area contributed by atoms with Crippen LogP contribution in [0.15, 0.2) is 0 Å². The van der Waals surface area contributed by atoms with Gasteiger partial charge in [-0.05, 0) is 98.7 Å². The van der Waals surface area contributed by atoms with Gasteiger partial charge in [0.15, 0.2) is 0 Å². The predicted octanol–water partition coefficient (Wildman–Crippen LogP) is 2.77. The Morgan fingerprint density at radius 2 is 0.357 bits per heavy atom. The van der Waals surface area contributed by atoms with E-state index >= 15 is 0 Å². The van der Waals surface area contributed by atoms with Gasteiger partial charge in [0.1, 0.15) is 0 Å². The molecule has 8 atom stereocenters. The van der Waals surface area contributed by atoms with E-state index in [1.807, 2.05) is 0 Å². The molecule has 9 nitrogen and oxygen atoms in total. The van der Waals surface area contributed by atoms with Crippen LogP contribution >= 0.6 is 0 Å². The van der Waals surface area contributed by atoms with Crippen molar-refractivity contribution in [1.29, 1.82) is 0 Å². The zero-order valence-electron chi connectivity index (χ0n) is 25.6. The molecular formula is C32H59CuN9. The second-order valence-corrected chi connectivity index (χ2v) is 15.6. The molecule has 243 valence electrons. The summed E-state index contributed by atoms with van der Waals surface area (Å²) in [5, 5.41) is 33.8. The first kappa shape index (κ1) is 30.8. The molecule has 0 aromatic rings. The molecule has 5 heterocycles. The summed E-state index contributed by atoms with van der Waals surface area (Å²) in [4.78, 5) is 0. The molecule has 9 rings (SSSR count). The van der Waals surface area contributed by atoms with E-state index < -0.39 is 0 Å². The topological polar surface area (TPSA) is 131 Å². The average Bonchev–Trinajstić information content (AvgIpc) is 3.73. The Morgan fingerprint density at radius 3 is 0.476 bits per heavy atom. The molecule has 4 saturated carbocycles. The monoisotopic (exact) mass is 632 g/mol. The normalized spacial score (nSPS) is 54.9. The van der Waals surface area contributed by atoms with Gasteiger partial charge in [-0.2, -0.15) is 0 Å². The number of fused-ring (bicyclic) bond motifs is 20. The van der Waals surface area contributed by atoms with E-state index in [9.17, 15) is 0 Å². The summed E-state index contributed by atoms with van der Waals surface area (Å²) < 4.78 is 0. The summed E-state index contributed by atoms with van der Waals surface area (Å²) in [5.74, 6) is 5.97. The van der Waals surface area contributed by atoms with Crippen LogP contribution in [0.1, 0.15) is 103 Å². The molecule has 1 radical (unpaired) electrons. The second kappa shape index (κ2) is 12.7. The molecule has 5 aliphatic heterocycles. The van der Waals surface area contributed by atoms with Crippen molar-refractivity contribution in [2.75, 3.05) is 0 Å². The van der Waals surface area contributed by atoms with E-state index in [1.165, 1.54) is 103 Å². The van der Waals surface area contributed by atoms with Crippen LogP contribution in [0.3, 0.4) is 0 Å². The number of hydrogen-bond acceptors (Lipinski definition) is 9. The van der Waals surface area contributed by atoms with Crippen molar-refractivity contribution in [1.82, 2.24) is 48.7 Å². The van der Waals surface area contributed by atoms with Crippen LogP contribution in [0, 0.1) is 47.3 Å². The molecule has 5 saturated heterocycles. The number of rotatable bonds is 0. The van der Waals surface area contributed by atoms with E-state index in [2.05, 4.69) is 42.5 Å². The van der Waals surface area contributed by atoms with Gasteiger partial charge in [0.2, 0.25) is 0 Å². The Hall–Kier alpha value is 0.159. The van der Waals surface area contributed by atoms with E-state index in [4.69, 9.17) is 0 Å². The summed E-state index contributed by atoms with van der Waals surface area (Å²) in [6, 6.07) is 0. The molecule has 0 aromatic heterocycles. The second-order valence-electron chi connectivity index (χ2n) is 15.6. The third-order valence-corrected chi connectivity index (χ3v) is 13.8. The predicted molar refractivity (Wildman–Crippen MR) is 162 cm³/mol. The van der Waals surface area contributed by atoms with E-state index in [1.54, 1.807) is 0 Å². The molecular weight excluding hydrogens is 574 g/mol. The largest absolute Gasteiger partial charge is 0.344 e. The molecule has 8 bridgehead atoms. The van der Waals surface area contributed by atoms with Crippen molar-refractivity contribution < 1.29 is 17.1 Å². The zero-order valence-corrected chi connectivity index (χ0v) is 26.5. The molecule has 0 aromatic carbocycles. The number of hydrogen-bond donors (Lipinski definition) is 9. The van der Waals surface area contributed by atoms with Gasteiger partial charge in [0.05, 0.1) is 49.3 Å². The van der Waals surface area contributed by atoms with Crippen LogP contribution in [0.2, 0.25) is 0 Å². The van der Waals surface area contributed by atoms with Gasteiger partial charge in [0, 0.05) is 17.1 Å². The summed E-state index contributed by atoms with van der Waals surface area (Å²) >= 11 is 0. The first-order valence-corrected chi connectivity index (χ1v) is 17.9. The maximum Gasteiger partial charge on any atom is 0.0628 e. The first-order chi connectivity index (χ1) is 19.8. The van der Waals surface area contributed by atoms with Gasteiger partial charge >= 0.3 is 0 Å². The third-order valence-electron chi connectivity index (χ3n) is 13.8. The summed E-state index contributed by atoms with van der Waals surface area (Å²) in [6.07, 6.45) is 25.6. The Morgan fingerprint density at radius 1 is 0.238 bits per heavy atom. The van der Waals surface area contributed by atoms with Crippen molar-refractivity contribution in [3.63, 3.8) is 0 Å². The maximum absolute atomic E-state index is 4.26. The minimum Gasteiger partial charge on any atom is -0.344 e. The molecule has 10 heteroatoms. The summed E-state index contributed by atoms with van der Waals surface area (Å²) in [5.41, 5.74) is 0. The van der Waals surface area contributed by atoms with Crippen LogP contribution in [0.25, 0.3) is 0 Å². The molecule has 4 aliphatic carbocycles. The fourth-order valence-electron chi connectivity index (χ4n) is 12.0. The van der Waals surface area contributed by atoms with Crippen LogP contribution < -0.4 is 48.7 Å². The fourth-order valence-corrected chi connectivity index (χ4v) is 12.0. The number of nitrogens with one attached hydrogen (secondary N) is 8. The summed E-state index contributed by atoms with van der Waals surface area (Å²) in [7, 11) is 0. The Bertz CT molecular complexity index is 718. The van der Waals surface area contributed by atoms with Gasteiger partial charge < -0.3 is 6.15 Å². The molecule has 0 amide bonds. The molecule has 42 heavy (non-hydrogen) atoms. The van der Waals surface area contributed by atoms with Crippen molar-refractivity contribution in [3.05, 3.63) is 0 Å². The summed E-state index contributed by atoms with van der Waals surface area (Å²) in [6.45, 7) is 0. The Balaban J connectivity index is 0.00000144. The van der Waals surface area contributed by atoms with Gasteiger partial charge in [-0.25, -0.2) is 0 Å². The molecule has 8 unspecified atom stereocenters. The van der Waals surface area contributed by atoms with Gasteiger partial charge in [0.25, 0.3) is 0 Å². The van der Waals surface area contributed by atoms with E-state index in [-0.39, 0.29) is 23.2 Å². The zero-order chi connectivity index (χ0) is 26.2. The van der Waals surface area contributed by atoms with Crippen molar-refractivity contribution >= 4 is 0 Å². The molecule has 9 aliphatic rings. The van der Waals surface area contributed by atoms with Crippen LogP contribution in [0.4, 0.5) is 0 Å². The van der Waals surface area contributed by atoms with Gasteiger partial charge in [-0.3, -0.25) is 42.5 Å². The third kappa shape index (κ3) is 5.26. The van der Waals surface area contributed by atoms with Crippen LogP contribution in [0.5, 0.6) is 0 Å². The fraction of sp³-hybridized carbons (Fsp3) is 1.00. The first-order valence-electron chi connectivity index (χ1n) is 17.9. The maximum atomic E-state index is 4.26. The quantitative estimate of drug-likeness (QED) is 0.185. The molecule has 0 spiro atoms. The minimum absolute atomic E-state index is 0. The van der Waals surface area contributed by atoms with Crippen LogP contribution in [-0.4, -0.2) is 49.3 Å². The van der Waals surface area contributed by atoms with Crippen molar-refractivity contribution in [2.24, 2.45) is 47.3 Å². The molecule has 9 fully saturated rings. The van der Waals surface area contributed by atoms with Crippen LogP contribution in [-0.2, 0) is 17.1 Å². The van der Waals surface area contributed by atoms with Gasteiger partial charge in [-0.1, -0.05) is 51.4 Å². The standard InChI is InChI=1S/C32H56N8.Cu.H3N/c1-2-10-18-17(9-1)25-33-26(18)38-28-21-13-5-6-14-22(21)30(35-28)40-32-24-16-8-7-15-23(24)31(36-32)39-29-20-12-4-3-11-19(20)27(34-29)37-25;;/h17-40H,1-16H2;;1H3. The minimum atomic E-state index is 0. The smallest absolute Gasteiger partial charge is 0.0628 e. The van der Waals surface area contributed by atoms with Gasteiger partial charge in [-0.15, -0.1) is 0 Å².